The first-order valence-corrected chi connectivity index (χ1v) is 6.83. The topological polar surface area (TPSA) is 0 Å². The van der Waals surface area contributed by atoms with Crippen LogP contribution in [-0.2, 0) is 0 Å². The van der Waals surface area contributed by atoms with Crippen LogP contribution in [0, 0.1) is 0 Å². The molecule has 0 nitrogen and oxygen atoms in total. The highest BCUT2D eigenvalue weighted by molar-refractivity contribution is 8.21. The van der Waals surface area contributed by atoms with Gasteiger partial charge in [0.1, 0.15) is 0 Å². The minimum Gasteiger partial charge on any atom is -0.122 e. The van der Waals surface area contributed by atoms with Crippen molar-refractivity contribution in [3.05, 3.63) is 58.4 Å². The Morgan fingerprint density at radius 3 is 1.64 bits per heavy atom. The molecule has 1 aliphatic carbocycles. The third-order valence-corrected chi connectivity index (χ3v) is 3.93. The second-order valence-electron chi connectivity index (χ2n) is 2.64. The predicted molar refractivity (Wildman–Crippen MR) is 70.6 cm³/mol. The van der Waals surface area contributed by atoms with Crippen LogP contribution in [0.4, 0.5) is 0 Å². The maximum absolute atomic E-state index is 2.14. The van der Waals surface area contributed by atoms with Crippen LogP contribution < -0.4 is 0 Å². The minimum atomic E-state index is 1.28. The molecule has 74 valence electrons. The molecule has 1 aliphatic rings. The normalized spacial score (nSPS) is 24.3. The Kier molecular flexibility index (Phi) is 5.57. The number of allylic oxidation sites excluding steroid dienone is 9. The second kappa shape index (κ2) is 6.80. The largest absolute Gasteiger partial charge is 0.122 e. The molecule has 0 amide bonds. The first-order chi connectivity index (χ1) is 6.88. The summed E-state index contributed by atoms with van der Waals surface area (Å²) in [5, 5.41) is 0. The van der Waals surface area contributed by atoms with Gasteiger partial charge in [-0.3, -0.25) is 0 Å². The first kappa shape index (κ1) is 11.5. The molecule has 0 spiro atoms. The van der Waals surface area contributed by atoms with E-state index < -0.39 is 0 Å². The Bertz CT molecular complexity index is 287. The number of hydrogen-bond donors (Lipinski definition) is 0. The lowest BCUT2D eigenvalue weighted by molar-refractivity contribution is 1.71. The van der Waals surface area contributed by atoms with Crippen molar-refractivity contribution in [2.24, 2.45) is 0 Å². The van der Waals surface area contributed by atoms with Crippen LogP contribution in [0.25, 0.3) is 0 Å². The highest BCUT2D eigenvalue weighted by Crippen LogP contribution is 2.28. The third kappa shape index (κ3) is 3.64. The molecule has 0 bridgehead atoms. The fourth-order valence-electron chi connectivity index (χ4n) is 1.09. The van der Waals surface area contributed by atoms with E-state index in [2.05, 4.69) is 36.8 Å². The van der Waals surface area contributed by atoms with Crippen molar-refractivity contribution in [3.63, 3.8) is 0 Å². The van der Waals surface area contributed by atoms with Crippen molar-refractivity contribution in [1.82, 2.24) is 0 Å². The van der Waals surface area contributed by atoms with Gasteiger partial charge in [-0.05, 0) is 18.1 Å². The average Bonchev–Trinajstić information content (AvgIpc) is 2.34. The molecule has 0 aromatic heterocycles. The van der Waals surface area contributed by atoms with Crippen molar-refractivity contribution in [2.75, 3.05) is 12.5 Å². The zero-order chi connectivity index (χ0) is 10.2. The highest BCUT2D eigenvalue weighted by atomic mass is 32.2. The highest BCUT2D eigenvalue weighted by Gasteiger charge is 1.97. The monoisotopic (exact) mass is 222 g/mol. The van der Waals surface area contributed by atoms with Gasteiger partial charge in [0, 0.05) is 4.24 Å². The Morgan fingerprint density at radius 1 is 0.786 bits per heavy atom. The van der Waals surface area contributed by atoms with Gasteiger partial charge in [0.25, 0.3) is 0 Å². The summed E-state index contributed by atoms with van der Waals surface area (Å²) in [4.78, 5) is 0. The maximum atomic E-state index is 2.14. The standard InChI is InChI=1S/C12H14S2/c1-13-12(14-2)11-9-7-5-3-4-6-8-10-11/h3-10H,1-2H3/b5-3-,6-4-,9-7-,10-8-. The van der Waals surface area contributed by atoms with Gasteiger partial charge in [0.2, 0.25) is 0 Å². The van der Waals surface area contributed by atoms with E-state index in [0.717, 1.165) is 0 Å². The predicted octanol–water partition coefficient (Wildman–Crippen LogP) is 4.16. The van der Waals surface area contributed by atoms with Crippen LogP contribution in [0.15, 0.2) is 58.4 Å². The van der Waals surface area contributed by atoms with Crippen molar-refractivity contribution in [2.45, 2.75) is 0 Å². The van der Waals surface area contributed by atoms with Crippen molar-refractivity contribution >= 4 is 23.5 Å². The van der Waals surface area contributed by atoms with E-state index in [9.17, 15) is 0 Å². The van der Waals surface area contributed by atoms with Gasteiger partial charge in [-0.1, -0.05) is 48.6 Å². The van der Waals surface area contributed by atoms with Crippen molar-refractivity contribution in [3.8, 4) is 0 Å². The van der Waals surface area contributed by atoms with Crippen LogP contribution in [-0.4, -0.2) is 12.5 Å². The third-order valence-electron chi connectivity index (χ3n) is 1.71. The molecule has 0 atom stereocenters. The average molecular weight is 222 g/mol. The van der Waals surface area contributed by atoms with Gasteiger partial charge in [-0.25, -0.2) is 0 Å². The first-order valence-electron chi connectivity index (χ1n) is 4.39. The molecule has 0 unspecified atom stereocenters. The van der Waals surface area contributed by atoms with Crippen LogP contribution in [0.2, 0.25) is 0 Å². The molecule has 0 aliphatic heterocycles. The number of hydrogen-bond acceptors (Lipinski definition) is 2. The van der Waals surface area contributed by atoms with Gasteiger partial charge < -0.3 is 0 Å². The van der Waals surface area contributed by atoms with Gasteiger partial charge in [-0.15, -0.1) is 23.5 Å². The smallest absolute Gasteiger partial charge is 0.0468 e. The molecule has 0 saturated heterocycles. The van der Waals surface area contributed by atoms with Crippen LogP contribution >= 0.6 is 23.5 Å². The summed E-state index contributed by atoms with van der Waals surface area (Å²) >= 11 is 3.58. The molecule has 14 heavy (non-hydrogen) atoms. The van der Waals surface area contributed by atoms with E-state index in [0.29, 0.717) is 0 Å². The summed E-state index contributed by atoms with van der Waals surface area (Å²) in [5.74, 6) is 0. The van der Waals surface area contributed by atoms with Crippen molar-refractivity contribution in [1.29, 1.82) is 0 Å². The summed E-state index contributed by atoms with van der Waals surface area (Å²) in [6.45, 7) is 0. The van der Waals surface area contributed by atoms with E-state index in [1.54, 1.807) is 23.5 Å². The Hall–Kier alpha value is -0.600. The van der Waals surface area contributed by atoms with Gasteiger partial charge in [0.05, 0.1) is 0 Å². The molecule has 1 rings (SSSR count). The van der Waals surface area contributed by atoms with Gasteiger partial charge in [0.15, 0.2) is 0 Å². The Labute approximate surface area is 94.5 Å². The molecule has 0 fully saturated rings. The van der Waals surface area contributed by atoms with Crippen molar-refractivity contribution < 1.29 is 0 Å². The summed E-state index contributed by atoms with van der Waals surface area (Å²) in [7, 11) is 0. The van der Waals surface area contributed by atoms with Crippen LogP contribution in [0.3, 0.4) is 0 Å². The molecule has 0 aromatic carbocycles. The van der Waals surface area contributed by atoms with E-state index >= 15 is 0 Å². The summed E-state index contributed by atoms with van der Waals surface area (Å²) in [6.07, 6.45) is 20.8. The summed E-state index contributed by atoms with van der Waals surface area (Å²) < 4.78 is 1.35. The van der Waals surface area contributed by atoms with E-state index in [4.69, 9.17) is 0 Å². The van der Waals surface area contributed by atoms with E-state index in [-0.39, 0.29) is 0 Å². The number of rotatable bonds is 2. The summed E-state index contributed by atoms with van der Waals surface area (Å²) in [5.41, 5.74) is 1.28. The zero-order valence-electron chi connectivity index (χ0n) is 8.44. The minimum absolute atomic E-state index is 1.28. The molecule has 0 aromatic rings. The fraction of sp³-hybridized carbons (Fsp3) is 0.167. The molecule has 0 saturated carbocycles. The zero-order valence-corrected chi connectivity index (χ0v) is 10.1. The molecular formula is C12H14S2. The lowest BCUT2D eigenvalue weighted by atomic mass is 10.2. The summed E-state index contributed by atoms with van der Waals surface area (Å²) in [6, 6.07) is 0. The molecule has 0 N–H and O–H groups in total. The molecule has 2 heteroatoms. The number of thioether (sulfide) groups is 2. The van der Waals surface area contributed by atoms with E-state index in [1.807, 2.05) is 24.3 Å². The second-order valence-corrected chi connectivity index (χ2v) is 4.53. The molecule has 0 heterocycles. The van der Waals surface area contributed by atoms with Crippen LogP contribution in [0.5, 0.6) is 0 Å². The Balaban J connectivity index is 3.01. The lowest BCUT2D eigenvalue weighted by Crippen LogP contribution is -1.76. The maximum Gasteiger partial charge on any atom is 0.0468 e. The lowest BCUT2D eigenvalue weighted by Gasteiger charge is -2.02. The van der Waals surface area contributed by atoms with E-state index in [1.165, 1.54) is 9.81 Å². The fourth-order valence-corrected chi connectivity index (χ4v) is 2.50. The van der Waals surface area contributed by atoms with Crippen LogP contribution in [0.1, 0.15) is 0 Å². The Morgan fingerprint density at radius 2 is 1.21 bits per heavy atom. The molecular weight excluding hydrogens is 208 g/mol. The van der Waals surface area contributed by atoms with Gasteiger partial charge >= 0.3 is 0 Å². The molecule has 0 radical (unpaired) electrons. The quantitative estimate of drug-likeness (QED) is 0.688. The SMILES string of the molecule is CSC(SC)=C1\C=C/C=C\C=C/C=C\1. The van der Waals surface area contributed by atoms with Gasteiger partial charge in [-0.2, -0.15) is 0 Å².